The van der Waals surface area contributed by atoms with Gasteiger partial charge in [0.2, 0.25) is 0 Å². The zero-order valence-electron chi connectivity index (χ0n) is 20.7. The Kier molecular flexibility index (Phi) is 7.93. The fraction of sp³-hybridized carbons (Fsp3) is 0.370. The van der Waals surface area contributed by atoms with Crippen LogP contribution in [-0.4, -0.2) is 27.4 Å². The van der Waals surface area contributed by atoms with Crippen LogP contribution in [0.3, 0.4) is 0 Å². The fourth-order valence-corrected chi connectivity index (χ4v) is 4.85. The first-order valence-electron chi connectivity index (χ1n) is 11.4. The number of alkyl halides is 3. The van der Waals surface area contributed by atoms with Gasteiger partial charge < -0.3 is 9.84 Å². The number of halogens is 3. The van der Waals surface area contributed by atoms with Gasteiger partial charge in [-0.3, -0.25) is 4.79 Å². The minimum absolute atomic E-state index is 0.0239. The highest BCUT2D eigenvalue weighted by Gasteiger charge is 2.34. The minimum atomic E-state index is -4.50. The highest BCUT2D eigenvalue weighted by Crippen LogP contribution is 2.40. The predicted octanol–water partition coefficient (Wildman–Crippen LogP) is 7.32. The van der Waals surface area contributed by atoms with Crippen molar-refractivity contribution in [3.8, 4) is 16.3 Å². The van der Waals surface area contributed by atoms with E-state index in [4.69, 9.17) is 4.74 Å². The quantitative estimate of drug-likeness (QED) is 0.300. The number of carbonyl (C=O) groups is 2. The normalized spacial score (nSPS) is 12.1. The number of aromatic nitrogens is 1. The topological polar surface area (TPSA) is 76.5 Å². The largest absolute Gasteiger partial charge is 0.478 e. The molecule has 0 saturated carbocycles. The standard InChI is InChI=1S/C27H28F3NO4S/c1-15(2)23-22(36-24(31-23)18-8-6-7-9-19(18)27(28,29)30)13-12-20(32)17-11-10-16(3)21(14-17)35-26(4,5)25(33)34/h6-11,14-15H,12-13H2,1-5H3,(H,33,34). The Morgan fingerprint density at radius 3 is 2.39 bits per heavy atom. The number of thiazole rings is 1. The summed E-state index contributed by atoms with van der Waals surface area (Å²) in [5, 5.41) is 9.61. The number of ketones is 1. The van der Waals surface area contributed by atoms with E-state index in [2.05, 4.69) is 4.98 Å². The summed E-state index contributed by atoms with van der Waals surface area (Å²) in [6.07, 6.45) is -4.06. The van der Waals surface area contributed by atoms with Crippen molar-refractivity contribution in [3.05, 3.63) is 69.7 Å². The van der Waals surface area contributed by atoms with Gasteiger partial charge >= 0.3 is 12.1 Å². The Morgan fingerprint density at radius 1 is 1.11 bits per heavy atom. The van der Waals surface area contributed by atoms with Crippen molar-refractivity contribution in [1.82, 2.24) is 4.98 Å². The van der Waals surface area contributed by atoms with E-state index in [1.54, 1.807) is 25.1 Å². The van der Waals surface area contributed by atoms with Crippen LogP contribution in [0.15, 0.2) is 42.5 Å². The number of carboxylic acids is 1. The van der Waals surface area contributed by atoms with E-state index < -0.39 is 23.3 Å². The Labute approximate surface area is 212 Å². The third-order valence-corrected chi connectivity index (χ3v) is 6.87. The molecular formula is C27H28F3NO4S. The van der Waals surface area contributed by atoms with E-state index in [-0.39, 0.29) is 28.7 Å². The first-order valence-corrected chi connectivity index (χ1v) is 12.2. The monoisotopic (exact) mass is 519 g/mol. The summed E-state index contributed by atoms with van der Waals surface area (Å²) in [4.78, 5) is 29.7. The van der Waals surface area contributed by atoms with Crippen molar-refractivity contribution in [1.29, 1.82) is 0 Å². The molecular weight excluding hydrogens is 491 g/mol. The summed E-state index contributed by atoms with van der Waals surface area (Å²) in [6, 6.07) is 10.2. The molecule has 0 amide bonds. The fourth-order valence-electron chi connectivity index (χ4n) is 3.60. The number of aryl methyl sites for hydroxylation is 2. The molecule has 0 aliphatic carbocycles. The SMILES string of the molecule is Cc1ccc(C(=O)CCc2sc(-c3ccccc3C(F)(F)F)nc2C(C)C)cc1OC(C)(C)C(=O)O. The second-order valence-corrected chi connectivity index (χ2v) is 10.4. The lowest BCUT2D eigenvalue weighted by molar-refractivity contribution is -0.152. The molecule has 0 radical (unpaired) electrons. The molecule has 0 fully saturated rings. The van der Waals surface area contributed by atoms with Gasteiger partial charge in [0.15, 0.2) is 11.4 Å². The zero-order chi connectivity index (χ0) is 26.8. The second-order valence-electron chi connectivity index (χ2n) is 9.35. The number of carboxylic acid groups (broad SMARTS) is 1. The third-order valence-electron chi connectivity index (χ3n) is 5.71. The lowest BCUT2D eigenvalue weighted by atomic mass is 10.0. The molecule has 0 atom stereocenters. The van der Waals surface area contributed by atoms with E-state index >= 15 is 0 Å². The van der Waals surface area contributed by atoms with Crippen molar-refractivity contribution < 1.29 is 32.6 Å². The molecule has 1 N–H and O–H groups in total. The smallest absolute Gasteiger partial charge is 0.417 e. The molecule has 0 unspecified atom stereocenters. The number of ether oxygens (including phenoxy) is 1. The van der Waals surface area contributed by atoms with E-state index in [0.717, 1.165) is 10.9 Å². The average Bonchev–Trinajstić information content (AvgIpc) is 3.22. The molecule has 0 spiro atoms. The van der Waals surface area contributed by atoms with Crippen LogP contribution in [0.4, 0.5) is 13.2 Å². The van der Waals surface area contributed by atoms with Gasteiger partial charge in [-0.2, -0.15) is 13.2 Å². The molecule has 3 rings (SSSR count). The van der Waals surface area contributed by atoms with E-state index in [9.17, 15) is 27.9 Å². The predicted molar refractivity (Wildman–Crippen MR) is 133 cm³/mol. The van der Waals surface area contributed by atoms with Crippen molar-refractivity contribution in [2.45, 2.75) is 65.2 Å². The molecule has 36 heavy (non-hydrogen) atoms. The van der Waals surface area contributed by atoms with Gasteiger partial charge in [0.05, 0.1) is 11.3 Å². The molecule has 1 heterocycles. The summed E-state index contributed by atoms with van der Waals surface area (Å²) in [6.45, 7) is 8.43. The van der Waals surface area contributed by atoms with E-state index in [1.807, 2.05) is 13.8 Å². The number of benzene rings is 2. The maximum Gasteiger partial charge on any atom is 0.417 e. The van der Waals surface area contributed by atoms with Crippen LogP contribution < -0.4 is 4.74 Å². The Balaban J connectivity index is 1.85. The van der Waals surface area contributed by atoms with Gasteiger partial charge in [-0.05, 0) is 50.8 Å². The van der Waals surface area contributed by atoms with Crippen LogP contribution in [0.1, 0.15) is 72.1 Å². The maximum atomic E-state index is 13.5. The molecule has 0 bridgehead atoms. The van der Waals surface area contributed by atoms with Crippen LogP contribution in [-0.2, 0) is 17.4 Å². The Hall–Kier alpha value is -3.20. The molecule has 9 heteroatoms. The van der Waals surface area contributed by atoms with E-state index in [1.165, 1.54) is 43.4 Å². The summed E-state index contributed by atoms with van der Waals surface area (Å²) in [7, 11) is 0. The second kappa shape index (κ2) is 10.4. The summed E-state index contributed by atoms with van der Waals surface area (Å²) >= 11 is 1.17. The number of hydrogen-bond acceptors (Lipinski definition) is 5. The van der Waals surface area contributed by atoms with Gasteiger partial charge in [-0.15, -0.1) is 11.3 Å². The molecule has 0 aliphatic rings. The molecule has 2 aromatic carbocycles. The first kappa shape index (κ1) is 27.4. The number of carbonyl (C=O) groups excluding carboxylic acids is 1. The van der Waals surface area contributed by atoms with Gasteiger partial charge in [-0.1, -0.05) is 44.2 Å². The van der Waals surface area contributed by atoms with Crippen molar-refractivity contribution >= 4 is 23.1 Å². The lowest BCUT2D eigenvalue weighted by Crippen LogP contribution is -2.38. The summed E-state index contributed by atoms with van der Waals surface area (Å²) < 4.78 is 46.3. The van der Waals surface area contributed by atoms with Gasteiger partial charge in [0.1, 0.15) is 10.8 Å². The van der Waals surface area contributed by atoms with Crippen LogP contribution in [0, 0.1) is 6.92 Å². The maximum absolute atomic E-state index is 13.5. The zero-order valence-corrected chi connectivity index (χ0v) is 21.5. The minimum Gasteiger partial charge on any atom is -0.478 e. The molecule has 5 nitrogen and oxygen atoms in total. The van der Waals surface area contributed by atoms with E-state index in [0.29, 0.717) is 29.0 Å². The lowest BCUT2D eigenvalue weighted by Gasteiger charge is -2.23. The molecule has 3 aromatic rings. The summed E-state index contributed by atoms with van der Waals surface area (Å²) in [5.74, 6) is -1.04. The highest BCUT2D eigenvalue weighted by atomic mass is 32.1. The Bertz CT molecular complexity index is 1280. The van der Waals surface area contributed by atoms with Crippen molar-refractivity contribution in [2.75, 3.05) is 0 Å². The number of rotatable bonds is 9. The van der Waals surface area contributed by atoms with Gasteiger partial charge in [0.25, 0.3) is 0 Å². The molecule has 1 aromatic heterocycles. The number of nitrogens with zero attached hydrogens (tertiary/aromatic N) is 1. The average molecular weight is 520 g/mol. The molecule has 192 valence electrons. The van der Waals surface area contributed by atoms with Crippen LogP contribution in [0.2, 0.25) is 0 Å². The first-order chi connectivity index (χ1) is 16.7. The number of Topliss-reactive ketones (excluding diaryl/α,β-unsaturated/α-hetero) is 1. The highest BCUT2D eigenvalue weighted by molar-refractivity contribution is 7.15. The number of aliphatic carboxylic acids is 1. The summed E-state index contributed by atoms with van der Waals surface area (Å²) in [5.41, 5.74) is -0.446. The van der Waals surface area contributed by atoms with Crippen LogP contribution >= 0.6 is 11.3 Å². The van der Waals surface area contributed by atoms with Crippen LogP contribution in [0.5, 0.6) is 5.75 Å². The molecule has 0 aliphatic heterocycles. The van der Waals surface area contributed by atoms with Gasteiger partial charge in [-0.25, -0.2) is 9.78 Å². The van der Waals surface area contributed by atoms with Gasteiger partial charge in [0, 0.05) is 22.4 Å². The third kappa shape index (κ3) is 6.13. The van der Waals surface area contributed by atoms with Crippen LogP contribution in [0.25, 0.3) is 10.6 Å². The van der Waals surface area contributed by atoms with Crippen molar-refractivity contribution in [3.63, 3.8) is 0 Å². The van der Waals surface area contributed by atoms with Crippen molar-refractivity contribution in [2.24, 2.45) is 0 Å². The molecule has 0 saturated heterocycles. The Morgan fingerprint density at radius 2 is 1.78 bits per heavy atom. The number of hydrogen-bond donors (Lipinski definition) is 1.